The van der Waals surface area contributed by atoms with Crippen LogP contribution in [0, 0.1) is 5.92 Å². The van der Waals surface area contributed by atoms with Crippen molar-refractivity contribution in [2.75, 3.05) is 32.8 Å². The molecule has 146 valence electrons. The molecule has 0 aliphatic carbocycles. The molecule has 8 nitrogen and oxygen atoms in total. The van der Waals surface area contributed by atoms with Crippen molar-refractivity contribution in [1.82, 2.24) is 15.1 Å². The van der Waals surface area contributed by atoms with Crippen LogP contribution in [0.2, 0.25) is 0 Å². The highest BCUT2D eigenvalue weighted by molar-refractivity contribution is 5.86. The first-order valence-electron chi connectivity index (χ1n) is 9.53. The number of carbonyl (C=O) groups is 1. The number of hydrogen-bond donors (Lipinski definition) is 3. The zero-order valence-corrected chi connectivity index (χ0v) is 15.5. The molecule has 1 fully saturated rings. The Morgan fingerprint density at radius 2 is 2.33 bits per heavy atom. The minimum atomic E-state index is -0.915. The monoisotopic (exact) mass is 374 g/mol. The first-order valence-corrected chi connectivity index (χ1v) is 9.53. The van der Waals surface area contributed by atoms with Crippen molar-refractivity contribution in [1.29, 1.82) is 0 Å². The van der Waals surface area contributed by atoms with Gasteiger partial charge in [-0.2, -0.15) is 0 Å². The first kappa shape index (κ1) is 17.9. The summed E-state index contributed by atoms with van der Waals surface area (Å²) in [5.41, 5.74) is 3.82. The summed E-state index contributed by atoms with van der Waals surface area (Å²) in [4.78, 5) is 20.5. The highest BCUT2D eigenvalue weighted by Gasteiger charge is 2.37. The standard InChI is InChI=1S/C19H26N4O4/c1-12(18(25)26)21-16-11-27-10-14-4-6-23-17(14)15(16)7-20-19(23)22-5-2-3-13(8-22)9-24/h7,11-13,21,24H,2-6,8-10H2,1H3,(H,25,26)/t12?,13-/m1/s1. The SMILES string of the molecule is CC(NC1=COCC2=C3C1=CN=C(N1CCC[C@@H](CO)C1)N3CC2)C(=O)O. The smallest absolute Gasteiger partial charge is 0.325 e. The number of rotatable bonds is 4. The average molecular weight is 374 g/mol. The lowest BCUT2D eigenvalue weighted by atomic mass is 9.99. The van der Waals surface area contributed by atoms with Gasteiger partial charge in [0, 0.05) is 38.0 Å². The number of nitrogens with zero attached hydrogens (tertiary/aromatic N) is 3. The quantitative estimate of drug-likeness (QED) is 0.671. The van der Waals surface area contributed by atoms with Gasteiger partial charge in [-0.05, 0) is 37.7 Å². The van der Waals surface area contributed by atoms with Crippen molar-refractivity contribution in [3.63, 3.8) is 0 Å². The molecule has 8 heteroatoms. The van der Waals surface area contributed by atoms with Gasteiger partial charge in [-0.3, -0.25) is 4.79 Å². The second-order valence-electron chi connectivity index (χ2n) is 7.51. The van der Waals surface area contributed by atoms with E-state index in [2.05, 4.69) is 15.1 Å². The van der Waals surface area contributed by atoms with Crippen molar-refractivity contribution in [2.24, 2.45) is 10.9 Å². The van der Waals surface area contributed by atoms with Crippen LogP contribution in [-0.4, -0.2) is 70.8 Å². The molecular weight excluding hydrogens is 348 g/mol. The van der Waals surface area contributed by atoms with Crippen molar-refractivity contribution >= 4 is 11.9 Å². The van der Waals surface area contributed by atoms with Gasteiger partial charge in [-0.1, -0.05) is 0 Å². The van der Waals surface area contributed by atoms with Gasteiger partial charge in [-0.25, -0.2) is 4.99 Å². The predicted octanol–water partition coefficient (Wildman–Crippen LogP) is 0.838. The summed E-state index contributed by atoms with van der Waals surface area (Å²) >= 11 is 0. The third-order valence-electron chi connectivity index (χ3n) is 5.60. The van der Waals surface area contributed by atoms with E-state index in [0.717, 1.165) is 56.1 Å². The lowest BCUT2D eigenvalue weighted by Crippen LogP contribution is -2.49. The van der Waals surface area contributed by atoms with E-state index in [1.54, 1.807) is 13.2 Å². The largest absolute Gasteiger partial charge is 0.495 e. The number of aliphatic hydroxyl groups excluding tert-OH is 1. The van der Waals surface area contributed by atoms with Crippen molar-refractivity contribution in [2.45, 2.75) is 32.2 Å². The summed E-state index contributed by atoms with van der Waals surface area (Å²) < 4.78 is 5.68. The molecule has 0 amide bonds. The number of likely N-dealkylation sites (tertiary alicyclic amines) is 1. The molecule has 27 heavy (non-hydrogen) atoms. The number of piperidine rings is 1. The number of carboxylic acid groups (broad SMARTS) is 1. The molecule has 3 N–H and O–H groups in total. The molecule has 1 saturated heterocycles. The van der Waals surface area contributed by atoms with Crippen LogP contribution in [-0.2, 0) is 9.53 Å². The Balaban J connectivity index is 1.65. The van der Waals surface area contributed by atoms with Crippen LogP contribution in [0.3, 0.4) is 0 Å². The van der Waals surface area contributed by atoms with Gasteiger partial charge in [0.2, 0.25) is 5.96 Å². The maximum atomic E-state index is 11.3. The van der Waals surface area contributed by atoms with Gasteiger partial charge >= 0.3 is 5.97 Å². The Labute approximate surface area is 158 Å². The summed E-state index contributed by atoms with van der Waals surface area (Å²) in [6, 6.07) is -0.726. The van der Waals surface area contributed by atoms with Gasteiger partial charge in [0.25, 0.3) is 0 Å². The van der Waals surface area contributed by atoms with Crippen LogP contribution >= 0.6 is 0 Å². The van der Waals surface area contributed by atoms with Gasteiger partial charge in [0.05, 0.1) is 11.4 Å². The molecule has 0 aromatic carbocycles. The molecule has 4 aliphatic heterocycles. The number of carboxylic acids is 1. The molecule has 0 radical (unpaired) electrons. The number of aliphatic hydroxyl groups is 1. The number of ether oxygens (including phenoxy) is 1. The van der Waals surface area contributed by atoms with Crippen LogP contribution in [0.25, 0.3) is 0 Å². The predicted molar refractivity (Wildman–Crippen MR) is 99.5 cm³/mol. The highest BCUT2D eigenvalue weighted by Crippen LogP contribution is 2.37. The van der Waals surface area contributed by atoms with E-state index in [1.807, 2.05) is 6.20 Å². The maximum absolute atomic E-state index is 11.3. The maximum Gasteiger partial charge on any atom is 0.325 e. The van der Waals surface area contributed by atoms with E-state index >= 15 is 0 Å². The highest BCUT2D eigenvalue weighted by atomic mass is 16.5. The van der Waals surface area contributed by atoms with E-state index < -0.39 is 12.0 Å². The molecule has 0 bridgehead atoms. The van der Waals surface area contributed by atoms with Crippen molar-refractivity contribution in [3.8, 4) is 0 Å². The van der Waals surface area contributed by atoms with Crippen LogP contribution in [0.5, 0.6) is 0 Å². The Morgan fingerprint density at radius 3 is 3.11 bits per heavy atom. The van der Waals surface area contributed by atoms with E-state index in [4.69, 9.17) is 9.73 Å². The molecule has 4 rings (SSSR count). The average Bonchev–Trinajstić information content (AvgIpc) is 3.02. The lowest BCUT2D eigenvalue weighted by molar-refractivity contribution is -0.138. The fraction of sp³-hybridized carbons (Fsp3) is 0.579. The minimum Gasteiger partial charge on any atom is -0.495 e. The molecule has 1 unspecified atom stereocenters. The van der Waals surface area contributed by atoms with E-state index in [0.29, 0.717) is 12.3 Å². The summed E-state index contributed by atoms with van der Waals surface area (Å²) in [5.74, 6) is 0.296. The summed E-state index contributed by atoms with van der Waals surface area (Å²) in [7, 11) is 0. The van der Waals surface area contributed by atoms with Crippen molar-refractivity contribution in [3.05, 3.63) is 35.0 Å². The molecule has 0 aromatic heterocycles. The van der Waals surface area contributed by atoms with Gasteiger partial charge < -0.3 is 30.1 Å². The number of aliphatic carboxylic acids is 1. The number of aliphatic imine (C=N–C) groups is 1. The zero-order valence-electron chi connectivity index (χ0n) is 15.5. The summed E-state index contributed by atoms with van der Waals surface area (Å²) in [5, 5.41) is 21.8. The van der Waals surface area contributed by atoms with E-state index in [9.17, 15) is 15.0 Å². The second-order valence-corrected chi connectivity index (χ2v) is 7.51. The van der Waals surface area contributed by atoms with E-state index in [-0.39, 0.29) is 12.5 Å². The van der Waals surface area contributed by atoms with Crippen LogP contribution in [0.4, 0.5) is 0 Å². The Hall–Kier alpha value is -2.48. The normalized spacial score (nSPS) is 25.7. The van der Waals surface area contributed by atoms with Gasteiger partial charge in [-0.15, -0.1) is 0 Å². The number of nitrogens with one attached hydrogen (secondary N) is 1. The molecule has 0 spiro atoms. The molecular formula is C19H26N4O4. The third kappa shape index (κ3) is 3.29. The lowest BCUT2D eigenvalue weighted by Gasteiger charge is -2.40. The molecule has 0 aromatic rings. The van der Waals surface area contributed by atoms with Crippen molar-refractivity contribution < 1.29 is 19.7 Å². The number of guanidine groups is 1. The summed E-state index contributed by atoms with van der Waals surface area (Å²) in [6.45, 7) is 4.90. The Bertz CT molecular complexity index is 755. The second kappa shape index (κ2) is 7.26. The van der Waals surface area contributed by atoms with E-state index in [1.165, 1.54) is 5.57 Å². The molecule has 4 aliphatic rings. The van der Waals surface area contributed by atoms with Gasteiger partial charge in [0.1, 0.15) is 18.9 Å². The Morgan fingerprint density at radius 1 is 1.48 bits per heavy atom. The third-order valence-corrected chi connectivity index (χ3v) is 5.60. The minimum absolute atomic E-state index is 0.205. The Kier molecular flexibility index (Phi) is 4.82. The fourth-order valence-electron chi connectivity index (χ4n) is 4.14. The van der Waals surface area contributed by atoms with Gasteiger partial charge in [0.15, 0.2) is 0 Å². The first-order chi connectivity index (χ1) is 13.1. The van der Waals surface area contributed by atoms with Crippen LogP contribution < -0.4 is 5.32 Å². The zero-order chi connectivity index (χ0) is 19.0. The molecule has 2 atom stereocenters. The summed E-state index contributed by atoms with van der Waals surface area (Å²) in [6.07, 6.45) is 6.42. The molecule has 0 saturated carbocycles. The van der Waals surface area contributed by atoms with Crippen LogP contribution in [0.15, 0.2) is 40.0 Å². The molecule has 4 heterocycles. The number of hydrogen-bond acceptors (Lipinski definition) is 7. The topological polar surface area (TPSA) is 97.6 Å². The van der Waals surface area contributed by atoms with Crippen LogP contribution in [0.1, 0.15) is 26.2 Å². The fourth-order valence-corrected chi connectivity index (χ4v) is 4.14.